The highest BCUT2D eigenvalue weighted by atomic mass is 16.5. The first kappa shape index (κ1) is 13.2. The molecule has 1 N–H and O–H groups in total. The molecule has 17 heavy (non-hydrogen) atoms. The molecule has 0 radical (unpaired) electrons. The van der Waals surface area contributed by atoms with Gasteiger partial charge in [0.15, 0.2) is 0 Å². The van der Waals surface area contributed by atoms with E-state index in [0.29, 0.717) is 0 Å². The highest BCUT2D eigenvalue weighted by Crippen LogP contribution is 2.06. The van der Waals surface area contributed by atoms with Crippen LogP contribution in [-0.4, -0.2) is 28.9 Å². The monoisotopic (exact) mass is 235 g/mol. The Hall–Kier alpha value is -1.85. The second-order valence-corrected chi connectivity index (χ2v) is 3.56. The van der Waals surface area contributed by atoms with E-state index in [1.807, 2.05) is 13.8 Å². The predicted molar refractivity (Wildman–Crippen MR) is 63.3 cm³/mol. The number of hydrogen-bond acceptors (Lipinski definition) is 4. The minimum Gasteiger partial charge on any atom is -0.532 e. The Labute approximate surface area is 99.9 Å². The third-order valence-corrected chi connectivity index (χ3v) is 2.36. The number of hydrogen-bond donors (Lipinski definition) is 1. The summed E-state index contributed by atoms with van der Waals surface area (Å²) in [6, 6.07) is 4.24. The molecule has 0 bridgehead atoms. The van der Waals surface area contributed by atoms with Gasteiger partial charge in [0.05, 0.1) is 0 Å². The average Bonchev–Trinajstić information content (AvgIpc) is 2.35. The van der Waals surface area contributed by atoms with E-state index < -0.39 is 11.9 Å². The van der Waals surface area contributed by atoms with Gasteiger partial charge >= 0.3 is 18.9 Å². The summed E-state index contributed by atoms with van der Waals surface area (Å²) in [6.07, 6.45) is 1.45. The Morgan fingerprint density at radius 3 is 2.41 bits per heavy atom. The SMILES string of the molecule is CCB(CC)OC(=O)c1cccc(C(=O)O)n1. The molecule has 0 aliphatic carbocycles. The van der Waals surface area contributed by atoms with Gasteiger partial charge in [-0.1, -0.05) is 19.9 Å². The summed E-state index contributed by atoms with van der Waals surface area (Å²) in [5.41, 5.74) is -0.138. The maximum Gasteiger partial charge on any atom is 0.361 e. The maximum atomic E-state index is 11.7. The van der Waals surface area contributed by atoms with Crippen LogP contribution in [0.3, 0.4) is 0 Å². The minimum atomic E-state index is -1.16. The van der Waals surface area contributed by atoms with Gasteiger partial charge in [-0.05, 0) is 24.8 Å². The molecule has 0 aliphatic heterocycles. The van der Waals surface area contributed by atoms with Crippen molar-refractivity contribution < 1.29 is 19.3 Å². The summed E-state index contributed by atoms with van der Waals surface area (Å²) in [4.78, 5) is 26.1. The number of aromatic carboxylic acids is 1. The normalized spacial score (nSPS) is 9.76. The highest BCUT2D eigenvalue weighted by Gasteiger charge is 2.19. The first-order valence-electron chi connectivity index (χ1n) is 5.49. The van der Waals surface area contributed by atoms with Crippen molar-refractivity contribution in [2.45, 2.75) is 26.5 Å². The van der Waals surface area contributed by atoms with Crippen molar-refractivity contribution in [1.82, 2.24) is 4.98 Å². The van der Waals surface area contributed by atoms with E-state index in [2.05, 4.69) is 4.98 Å². The zero-order chi connectivity index (χ0) is 12.8. The Morgan fingerprint density at radius 2 is 1.88 bits per heavy atom. The number of nitrogens with zero attached hydrogens (tertiary/aromatic N) is 1. The minimum absolute atomic E-state index is 0.0248. The fraction of sp³-hybridized carbons (Fsp3) is 0.364. The van der Waals surface area contributed by atoms with E-state index in [9.17, 15) is 9.59 Å². The number of carbonyl (C=O) groups excluding carboxylic acids is 1. The molecule has 0 spiro atoms. The van der Waals surface area contributed by atoms with Gasteiger partial charge in [-0.2, -0.15) is 0 Å². The molecule has 6 heteroatoms. The Morgan fingerprint density at radius 1 is 1.29 bits per heavy atom. The average molecular weight is 235 g/mol. The standard InChI is InChI=1S/C11H14BNO4/c1-3-12(4-2)17-11(16)9-7-5-6-8(13-9)10(14)15/h5-7H,3-4H2,1-2H3,(H,14,15). The first-order valence-corrected chi connectivity index (χ1v) is 5.49. The van der Waals surface area contributed by atoms with Crippen LogP contribution >= 0.6 is 0 Å². The van der Waals surface area contributed by atoms with Crippen LogP contribution in [0.4, 0.5) is 0 Å². The lowest BCUT2D eigenvalue weighted by atomic mass is 9.62. The predicted octanol–water partition coefficient (Wildman–Crippen LogP) is 1.97. The molecule has 0 unspecified atom stereocenters. The van der Waals surface area contributed by atoms with E-state index in [0.717, 1.165) is 12.6 Å². The molecule has 1 aromatic heterocycles. The van der Waals surface area contributed by atoms with Gasteiger partial charge in [-0.15, -0.1) is 0 Å². The summed E-state index contributed by atoms with van der Waals surface area (Å²) in [6.45, 7) is 3.68. The van der Waals surface area contributed by atoms with E-state index >= 15 is 0 Å². The van der Waals surface area contributed by atoms with Crippen LogP contribution in [0.2, 0.25) is 12.6 Å². The van der Waals surface area contributed by atoms with Crippen molar-refractivity contribution in [3.8, 4) is 0 Å². The second-order valence-electron chi connectivity index (χ2n) is 3.56. The van der Waals surface area contributed by atoms with Gasteiger partial charge in [-0.3, -0.25) is 0 Å². The van der Waals surface area contributed by atoms with Crippen LogP contribution in [-0.2, 0) is 4.65 Å². The van der Waals surface area contributed by atoms with Crippen molar-refractivity contribution in [3.63, 3.8) is 0 Å². The van der Waals surface area contributed by atoms with Crippen molar-refractivity contribution >= 4 is 18.9 Å². The summed E-state index contributed by atoms with van der Waals surface area (Å²) in [5, 5.41) is 8.75. The Kier molecular flexibility index (Phi) is 4.69. The lowest BCUT2D eigenvalue weighted by Crippen LogP contribution is -2.21. The van der Waals surface area contributed by atoms with Gasteiger partial charge in [0.1, 0.15) is 11.4 Å². The van der Waals surface area contributed by atoms with Crippen molar-refractivity contribution in [2.24, 2.45) is 0 Å². The molecular formula is C11H14BNO4. The molecule has 0 aromatic carbocycles. The molecule has 0 aliphatic rings. The number of rotatable bonds is 5. The molecule has 90 valence electrons. The summed E-state index contributed by atoms with van der Waals surface area (Å²) >= 11 is 0. The zero-order valence-electron chi connectivity index (χ0n) is 9.84. The van der Waals surface area contributed by atoms with Gasteiger partial charge in [0.25, 0.3) is 0 Å². The third kappa shape index (κ3) is 3.58. The van der Waals surface area contributed by atoms with Gasteiger partial charge in [0.2, 0.25) is 0 Å². The molecule has 0 amide bonds. The molecule has 0 saturated heterocycles. The van der Waals surface area contributed by atoms with Crippen molar-refractivity contribution in [2.75, 3.05) is 0 Å². The van der Waals surface area contributed by atoms with Gasteiger partial charge < -0.3 is 9.76 Å². The number of pyridine rings is 1. The molecule has 1 heterocycles. The number of aromatic nitrogens is 1. The van der Waals surface area contributed by atoms with Crippen LogP contribution in [0.1, 0.15) is 34.8 Å². The molecule has 0 atom stereocenters. The smallest absolute Gasteiger partial charge is 0.361 e. The number of carbonyl (C=O) groups is 2. The van der Waals surface area contributed by atoms with Crippen LogP contribution in [0, 0.1) is 0 Å². The molecule has 1 aromatic rings. The van der Waals surface area contributed by atoms with Gasteiger partial charge in [0, 0.05) is 0 Å². The Bertz CT molecular complexity index is 418. The topological polar surface area (TPSA) is 76.5 Å². The lowest BCUT2D eigenvalue weighted by Gasteiger charge is -2.10. The molecular weight excluding hydrogens is 221 g/mol. The summed E-state index contributed by atoms with van der Waals surface area (Å²) < 4.78 is 5.18. The molecule has 5 nitrogen and oxygen atoms in total. The summed E-state index contributed by atoms with van der Waals surface area (Å²) in [5.74, 6) is -1.75. The summed E-state index contributed by atoms with van der Waals surface area (Å²) in [7, 11) is 0. The lowest BCUT2D eigenvalue weighted by molar-refractivity contribution is 0.0689. The maximum absolute atomic E-state index is 11.7. The van der Waals surface area contributed by atoms with Crippen LogP contribution < -0.4 is 0 Å². The molecule has 1 rings (SSSR count). The zero-order valence-corrected chi connectivity index (χ0v) is 9.84. The molecule has 0 fully saturated rings. The Balaban J connectivity index is 2.82. The van der Waals surface area contributed by atoms with Crippen molar-refractivity contribution in [3.05, 3.63) is 29.6 Å². The van der Waals surface area contributed by atoms with Crippen LogP contribution in [0.5, 0.6) is 0 Å². The number of carboxylic acids is 1. The van der Waals surface area contributed by atoms with E-state index in [4.69, 9.17) is 9.76 Å². The first-order chi connectivity index (χ1) is 8.08. The van der Waals surface area contributed by atoms with E-state index in [-0.39, 0.29) is 18.3 Å². The third-order valence-electron chi connectivity index (χ3n) is 2.36. The fourth-order valence-electron chi connectivity index (χ4n) is 1.33. The highest BCUT2D eigenvalue weighted by molar-refractivity contribution is 6.53. The molecule has 0 saturated carbocycles. The van der Waals surface area contributed by atoms with Crippen LogP contribution in [0.25, 0.3) is 0 Å². The van der Waals surface area contributed by atoms with Crippen molar-refractivity contribution in [1.29, 1.82) is 0 Å². The quantitative estimate of drug-likeness (QED) is 0.789. The van der Waals surface area contributed by atoms with E-state index in [1.54, 1.807) is 0 Å². The van der Waals surface area contributed by atoms with Gasteiger partial charge in [-0.25, -0.2) is 14.6 Å². The van der Waals surface area contributed by atoms with E-state index in [1.165, 1.54) is 18.2 Å². The second kappa shape index (κ2) is 6.03. The fourth-order valence-corrected chi connectivity index (χ4v) is 1.33. The van der Waals surface area contributed by atoms with Crippen LogP contribution in [0.15, 0.2) is 18.2 Å². The largest absolute Gasteiger partial charge is 0.532 e. The number of carboxylic acid groups (broad SMARTS) is 1.